The van der Waals surface area contributed by atoms with Crippen LogP contribution in [-0.2, 0) is 10.1 Å². The molecule has 0 radical (unpaired) electrons. The largest absolute Gasteiger partial charge is 0.744 e. The average Bonchev–Trinajstić information content (AvgIpc) is 2.68. The molecule has 0 unspecified atom stereocenters. The number of ketones is 2. The molecule has 3 aromatic rings. The van der Waals surface area contributed by atoms with Gasteiger partial charge in [-0.05, 0) is 24.6 Å². The fourth-order valence-electron chi connectivity index (χ4n) is 3.46. The van der Waals surface area contributed by atoms with Crippen LogP contribution < -0.4 is 17.2 Å². The molecule has 0 spiro atoms. The van der Waals surface area contributed by atoms with Crippen molar-refractivity contribution in [3.63, 3.8) is 0 Å². The SMILES string of the molecule is Cc1ccccc1Nc1cc(S(=O)(=O)[O-])c(N)c2c1C(=O)c1ccccc1C2=O.[NH4+]. The highest BCUT2D eigenvalue weighted by Crippen LogP contribution is 2.40. The van der Waals surface area contributed by atoms with Crippen LogP contribution >= 0.6 is 0 Å². The molecule has 154 valence electrons. The average molecular weight is 425 g/mol. The first kappa shape index (κ1) is 21.2. The fraction of sp³-hybridized carbons (Fsp3) is 0.0476. The lowest BCUT2D eigenvalue weighted by atomic mass is 9.82. The van der Waals surface area contributed by atoms with Gasteiger partial charge in [-0.25, -0.2) is 8.42 Å². The van der Waals surface area contributed by atoms with Gasteiger partial charge in [-0.1, -0.05) is 42.5 Å². The van der Waals surface area contributed by atoms with Crippen molar-refractivity contribution in [3.05, 3.63) is 82.4 Å². The molecule has 0 aliphatic heterocycles. The summed E-state index contributed by atoms with van der Waals surface area (Å²) >= 11 is 0. The van der Waals surface area contributed by atoms with Crippen LogP contribution in [0.15, 0.2) is 59.5 Å². The smallest absolute Gasteiger partial charge is 0.196 e. The van der Waals surface area contributed by atoms with Gasteiger partial charge in [0.1, 0.15) is 10.1 Å². The van der Waals surface area contributed by atoms with Crippen molar-refractivity contribution in [2.75, 3.05) is 11.1 Å². The quantitative estimate of drug-likeness (QED) is 0.334. The molecule has 0 saturated heterocycles. The van der Waals surface area contributed by atoms with Gasteiger partial charge >= 0.3 is 0 Å². The monoisotopic (exact) mass is 425 g/mol. The van der Waals surface area contributed by atoms with Crippen LogP contribution in [0.4, 0.5) is 17.1 Å². The van der Waals surface area contributed by atoms with Gasteiger partial charge in [0.25, 0.3) is 0 Å². The molecule has 3 aromatic carbocycles. The fourth-order valence-corrected chi connectivity index (χ4v) is 4.09. The zero-order valence-corrected chi connectivity index (χ0v) is 17.0. The maximum Gasteiger partial charge on any atom is 0.196 e. The lowest BCUT2D eigenvalue weighted by Crippen LogP contribution is -2.25. The first-order chi connectivity index (χ1) is 13.7. The Bertz CT molecular complexity index is 1320. The van der Waals surface area contributed by atoms with Crippen molar-refractivity contribution in [1.29, 1.82) is 0 Å². The summed E-state index contributed by atoms with van der Waals surface area (Å²) in [4.78, 5) is 25.5. The number of carbonyl (C=O) groups excluding carboxylic acids is 2. The number of aryl methyl sites for hydroxylation is 1. The molecule has 9 heteroatoms. The Morgan fingerprint density at radius 3 is 1.97 bits per heavy atom. The molecule has 0 saturated carbocycles. The van der Waals surface area contributed by atoms with Crippen LogP contribution in [0.1, 0.15) is 37.4 Å². The number of para-hydroxylation sites is 1. The lowest BCUT2D eigenvalue weighted by Gasteiger charge is -2.25. The molecule has 8 nitrogen and oxygen atoms in total. The van der Waals surface area contributed by atoms with Crippen molar-refractivity contribution >= 4 is 38.7 Å². The summed E-state index contributed by atoms with van der Waals surface area (Å²) in [6, 6.07) is 14.3. The van der Waals surface area contributed by atoms with Crippen molar-refractivity contribution in [3.8, 4) is 0 Å². The summed E-state index contributed by atoms with van der Waals surface area (Å²) < 4.78 is 35.4. The van der Waals surface area contributed by atoms with E-state index >= 15 is 0 Å². The normalized spacial score (nSPS) is 12.6. The molecular weight excluding hydrogens is 406 g/mol. The van der Waals surface area contributed by atoms with E-state index in [9.17, 15) is 22.6 Å². The van der Waals surface area contributed by atoms with Gasteiger partial charge in [-0.2, -0.15) is 0 Å². The van der Waals surface area contributed by atoms with E-state index in [1.165, 1.54) is 12.1 Å². The summed E-state index contributed by atoms with van der Waals surface area (Å²) in [6.45, 7) is 1.82. The molecule has 7 N–H and O–H groups in total. The highest BCUT2D eigenvalue weighted by molar-refractivity contribution is 7.86. The van der Waals surface area contributed by atoms with E-state index in [4.69, 9.17) is 5.73 Å². The molecule has 0 bridgehead atoms. The molecule has 30 heavy (non-hydrogen) atoms. The Hall–Kier alpha value is -3.53. The minimum atomic E-state index is -4.99. The molecule has 1 aliphatic rings. The van der Waals surface area contributed by atoms with Crippen molar-refractivity contribution in [2.24, 2.45) is 0 Å². The lowest BCUT2D eigenvalue weighted by molar-refractivity contribution is 0.0980. The highest BCUT2D eigenvalue weighted by atomic mass is 32.2. The second kappa shape index (κ2) is 7.38. The van der Waals surface area contributed by atoms with Gasteiger partial charge in [0.05, 0.1) is 27.4 Å². The number of carbonyl (C=O) groups is 2. The summed E-state index contributed by atoms with van der Waals surface area (Å²) in [5.41, 5.74) is 6.81. The molecule has 0 aromatic heterocycles. The Morgan fingerprint density at radius 2 is 1.40 bits per heavy atom. The molecule has 0 amide bonds. The molecule has 0 fully saturated rings. The number of nitrogens with two attached hydrogens (primary N) is 1. The summed E-state index contributed by atoms with van der Waals surface area (Å²) in [7, 11) is -4.99. The van der Waals surface area contributed by atoms with Gasteiger partial charge < -0.3 is 21.8 Å². The van der Waals surface area contributed by atoms with E-state index in [0.717, 1.165) is 11.6 Å². The number of nitrogens with one attached hydrogen (secondary N) is 1. The maximum absolute atomic E-state index is 13.2. The Labute approximate surface area is 173 Å². The Morgan fingerprint density at radius 1 is 0.867 bits per heavy atom. The van der Waals surface area contributed by atoms with Crippen LogP contribution in [0.3, 0.4) is 0 Å². The van der Waals surface area contributed by atoms with E-state index in [2.05, 4.69) is 5.32 Å². The maximum atomic E-state index is 13.2. The minimum Gasteiger partial charge on any atom is -0.744 e. The van der Waals surface area contributed by atoms with E-state index in [1.54, 1.807) is 24.3 Å². The summed E-state index contributed by atoms with van der Waals surface area (Å²) in [5.74, 6) is -1.08. The van der Waals surface area contributed by atoms with Crippen LogP contribution in [0.25, 0.3) is 0 Å². The van der Waals surface area contributed by atoms with Crippen LogP contribution in [-0.4, -0.2) is 24.5 Å². The van der Waals surface area contributed by atoms with Crippen molar-refractivity contribution in [1.82, 2.24) is 6.15 Å². The number of hydrogen-bond acceptors (Lipinski definition) is 7. The highest BCUT2D eigenvalue weighted by Gasteiger charge is 2.35. The predicted molar refractivity (Wildman–Crippen MR) is 113 cm³/mol. The molecule has 1 aliphatic carbocycles. The zero-order chi connectivity index (χ0) is 20.9. The summed E-state index contributed by atoms with van der Waals surface area (Å²) in [5, 5.41) is 2.99. The zero-order valence-electron chi connectivity index (χ0n) is 16.2. The topological polar surface area (TPSA) is 166 Å². The van der Waals surface area contributed by atoms with Crippen LogP contribution in [0.2, 0.25) is 0 Å². The van der Waals surface area contributed by atoms with Crippen LogP contribution in [0, 0.1) is 6.92 Å². The number of anilines is 3. The second-order valence-corrected chi connectivity index (χ2v) is 8.03. The van der Waals surface area contributed by atoms with E-state index in [0.29, 0.717) is 5.69 Å². The van der Waals surface area contributed by atoms with Crippen molar-refractivity contribution in [2.45, 2.75) is 11.8 Å². The van der Waals surface area contributed by atoms with Crippen molar-refractivity contribution < 1.29 is 22.6 Å². The number of benzene rings is 3. The molecule has 4 rings (SSSR count). The molecular formula is C21H19N3O5S. The van der Waals surface area contributed by atoms with E-state index < -0.39 is 32.3 Å². The van der Waals surface area contributed by atoms with E-state index in [1.807, 2.05) is 19.1 Å². The second-order valence-electron chi connectivity index (χ2n) is 6.68. The Kier molecular flexibility index (Phi) is 5.21. The number of hydrogen-bond donors (Lipinski definition) is 3. The third kappa shape index (κ3) is 3.24. The minimum absolute atomic E-state index is 0. The van der Waals surface area contributed by atoms with Gasteiger partial charge in [-0.3, -0.25) is 9.59 Å². The number of quaternary nitrogens is 1. The summed E-state index contributed by atoms with van der Waals surface area (Å²) in [6.07, 6.45) is 0. The third-order valence-corrected chi connectivity index (χ3v) is 5.76. The molecule has 0 heterocycles. The number of rotatable bonds is 3. The molecule has 0 atom stereocenters. The third-order valence-electron chi connectivity index (χ3n) is 4.88. The number of fused-ring (bicyclic) bond motifs is 2. The first-order valence-corrected chi connectivity index (χ1v) is 10.0. The first-order valence-electron chi connectivity index (χ1n) is 8.63. The number of nitrogen functional groups attached to an aromatic ring is 1. The van der Waals surface area contributed by atoms with Gasteiger partial charge in [-0.15, -0.1) is 0 Å². The van der Waals surface area contributed by atoms with Gasteiger partial charge in [0.2, 0.25) is 0 Å². The standard InChI is InChI=1S/C21H16N2O5S.H3N/c1-11-6-2-5-9-14(11)23-15-10-16(29(26,27)28)19(22)18-17(15)20(24)12-7-3-4-8-13(12)21(18)25;/h2-10,23H,22H2,1H3,(H,26,27,28);1H3. The predicted octanol–water partition coefficient (Wildman–Crippen LogP) is 3.38. The van der Waals surface area contributed by atoms with Crippen LogP contribution in [0.5, 0.6) is 0 Å². The van der Waals surface area contributed by atoms with Gasteiger partial charge in [0, 0.05) is 16.8 Å². The van der Waals surface area contributed by atoms with Gasteiger partial charge in [0.15, 0.2) is 11.6 Å². The Balaban J connectivity index is 0.00000256. The van der Waals surface area contributed by atoms with E-state index in [-0.39, 0.29) is 34.1 Å².